The van der Waals surface area contributed by atoms with E-state index in [1.807, 2.05) is 25.3 Å². The summed E-state index contributed by atoms with van der Waals surface area (Å²) in [7, 11) is 13.3. The van der Waals surface area contributed by atoms with E-state index in [9.17, 15) is 0 Å². The molecule has 22 heavy (non-hydrogen) atoms. The van der Waals surface area contributed by atoms with Crippen molar-refractivity contribution in [3.8, 4) is 11.5 Å². The molecule has 0 N–H and O–H groups in total. The average Bonchev–Trinajstić information content (AvgIpc) is 2.54. The van der Waals surface area contributed by atoms with E-state index >= 15 is 0 Å². The second kappa shape index (κ2) is 11.5. The first-order valence-corrected chi connectivity index (χ1v) is 13.7. The summed E-state index contributed by atoms with van der Waals surface area (Å²) in [6.07, 6.45) is 8.33. The van der Waals surface area contributed by atoms with Gasteiger partial charge in [-0.1, -0.05) is 19.3 Å². The molecular formula is C16H23Cl2NO2Zr. The van der Waals surface area contributed by atoms with Crippen LogP contribution in [0.15, 0.2) is 17.1 Å². The van der Waals surface area contributed by atoms with Crippen LogP contribution in [0.3, 0.4) is 0 Å². The van der Waals surface area contributed by atoms with Crippen molar-refractivity contribution in [2.45, 2.75) is 45.1 Å². The number of nitrogens with zero attached hydrogens (tertiary/aromatic N) is 1. The van der Waals surface area contributed by atoms with Crippen LogP contribution in [0.25, 0.3) is 0 Å². The summed E-state index contributed by atoms with van der Waals surface area (Å²) >= 11 is -0.826. The van der Waals surface area contributed by atoms with Crippen molar-refractivity contribution in [2.75, 3.05) is 14.2 Å². The van der Waals surface area contributed by atoms with Crippen LogP contribution in [-0.4, -0.2) is 26.5 Å². The Hall–Kier alpha value is -0.0469. The Kier molecular flexibility index (Phi) is 10.4. The van der Waals surface area contributed by atoms with Gasteiger partial charge in [0.05, 0.1) is 14.2 Å². The maximum atomic E-state index is 5.47. The number of hydrogen-bond acceptors (Lipinski definition) is 3. The van der Waals surface area contributed by atoms with Gasteiger partial charge in [0.15, 0.2) is 0 Å². The van der Waals surface area contributed by atoms with E-state index in [0.717, 1.165) is 22.6 Å². The molecule has 1 aromatic rings. The van der Waals surface area contributed by atoms with Crippen LogP contribution in [0.2, 0.25) is 0 Å². The summed E-state index contributed by atoms with van der Waals surface area (Å²) in [4.78, 5) is 4.72. The van der Waals surface area contributed by atoms with Gasteiger partial charge in [0.25, 0.3) is 0 Å². The normalized spacial score (nSPS) is 15.1. The first-order chi connectivity index (χ1) is 10.7. The van der Waals surface area contributed by atoms with Crippen molar-refractivity contribution in [1.29, 1.82) is 0 Å². The van der Waals surface area contributed by atoms with Crippen LogP contribution < -0.4 is 9.47 Å². The molecular weight excluding hydrogens is 400 g/mol. The Labute approximate surface area is 152 Å². The zero-order valence-electron chi connectivity index (χ0n) is 13.4. The van der Waals surface area contributed by atoms with Gasteiger partial charge in [0.2, 0.25) is 0 Å². The maximum absolute atomic E-state index is 5.47. The van der Waals surface area contributed by atoms with Crippen molar-refractivity contribution < 1.29 is 30.3 Å². The molecule has 122 valence electrons. The third-order valence-electron chi connectivity index (χ3n) is 3.72. The van der Waals surface area contributed by atoms with Crippen LogP contribution >= 0.6 is 17.0 Å². The van der Waals surface area contributed by atoms with E-state index in [4.69, 9.17) is 31.5 Å². The summed E-state index contributed by atoms with van der Waals surface area (Å²) in [6.45, 7) is 2.03. The SMILES string of the molecule is COc1cc(C)c(OC)c(C=NC2CCCCC2)c1.[Cl][Zr][Cl]. The molecule has 0 heterocycles. The number of aryl methyl sites for hydroxylation is 1. The quantitative estimate of drug-likeness (QED) is 0.628. The first kappa shape index (κ1) is 20.0. The number of aliphatic imine (C=N–C) groups is 1. The fraction of sp³-hybridized carbons (Fsp3) is 0.562. The van der Waals surface area contributed by atoms with E-state index < -0.39 is 20.8 Å². The monoisotopic (exact) mass is 421 g/mol. The van der Waals surface area contributed by atoms with Gasteiger partial charge in [-0.25, -0.2) is 0 Å². The summed E-state index contributed by atoms with van der Waals surface area (Å²) in [5, 5.41) is 0. The number of rotatable bonds is 4. The number of halogens is 2. The number of benzene rings is 1. The summed E-state index contributed by atoms with van der Waals surface area (Å²) in [6, 6.07) is 4.44. The second-order valence-corrected chi connectivity index (χ2v) is 8.94. The summed E-state index contributed by atoms with van der Waals surface area (Å²) < 4.78 is 10.8. The Bertz CT molecular complexity index is 477. The molecule has 0 bridgehead atoms. The molecule has 1 aromatic carbocycles. The van der Waals surface area contributed by atoms with Crippen molar-refractivity contribution in [2.24, 2.45) is 4.99 Å². The second-order valence-electron chi connectivity index (χ2n) is 5.21. The molecule has 0 radical (unpaired) electrons. The predicted molar refractivity (Wildman–Crippen MR) is 90.5 cm³/mol. The molecule has 1 aliphatic rings. The van der Waals surface area contributed by atoms with Gasteiger partial charge < -0.3 is 9.47 Å². The molecule has 0 aliphatic heterocycles. The molecule has 0 aromatic heterocycles. The van der Waals surface area contributed by atoms with Gasteiger partial charge in [-0.3, -0.25) is 4.99 Å². The van der Waals surface area contributed by atoms with Gasteiger partial charge in [0.1, 0.15) is 11.5 Å². The molecule has 0 saturated heterocycles. The molecule has 1 aliphatic carbocycles. The third kappa shape index (κ3) is 6.60. The van der Waals surface area contributed by atoms with Crippen molar-refractivity contribution in [3.63, 3.8) is 0 Å². The van der Waals surface area contributed by atoms with Gasteiger partial charge >= 0.3 is 37.9 Å². The van der Waals surface area contributed by atoms with Crippen LogP contribution in [-0.2, 0) is 20.8 Å². The Balaban J connectivity index is 0.000000745. The van der Waals surface area contributed by atoms with E-state index in [1.165, 1.54) is 32.1 Å². The fourth-order valence-corrected chi connectivity index (χ4v) is 2.68. The number of ether oxygens (including phenoxy) is 2. The van der Waals surface area contributed by atoms with Gasteiger partial charge in [-0.05, 0) is 37.5 Å². The van der Waals surface area contributed by atoms with E-state index in [2.05, 4.69) is 0 Å². The van der Waals surface area contributed by atoms with Crippen molar-refractivity contribution in [1.82, 2.24) is 0 Å². The molecule has 1 fully saturated rings. The Morgan fingerprint density at radius 1 is 1.14 bits per heavy atom. The Morgan fingerprint density at radius 3 is 2.32 bits per heavy atom. The van der Waals surface area contributed by atoms with E-state index in [-0.39, 0.29) is 0 Å². The Morgan fingerprint density at radius 2 is 1.77 bits per heavy atom. The van der Waals surface area contributed by atoms with Crippen LogP contribution in [0, 0.1) is 6.92 Å². The molecule has 0 unspecified atom stereocenters. The minimum atomic E-state index is -0.826. The first-order valence-electron chi connectivity index (χ1n) is 7.38. The average molecular weight is 423 g/mol. The van der Waals surface area contributed by atoms with Crippen LogP contribution in [0.1, 0.15) is 43.2 Å². The standard InChI is InChI=1S/C16H23NO2.2ClH.Zr/c1-12-9-15(18-2)10-13(16(12)19-3)11-17-14-7-5-4-6-8-14;;;/h9-11,14H,4-8H2,1-3H3;2*1H;/q;;;+2/p-2. The molecule has 6 heteroatoms. The van der Waals surface area contributed by atoms with Crippen LogP contribution in [0.4, 0.5) is 0 Å². The number of methoxy groups -OCH3 is 2. The fourth-order valence-electron chi connectivity index (χ4n) is 2.68. The van der Waals surface area contributed by atoms with Gasteiger partial charge in [0, 0.05) is 17.8 Å². The van der Waals surface area contributed by atoms with E-state index in [0.29, 0.717) is 6.04 Å². The summed E-state index contributed by atoms with van der Waals surface area (Å²) in [5.41, 5.74) is 2.08. The molecule has 0 spiro atoms. The van der Waals surface area contributed by atoms with Crippen molar-refractivity contribution in [3.05, 3.63) is 23.3 Å². The zero-order valence-corrected chi connectivity index (χ0v) is 17.3. The van der Waals surface area contributed by atoms with Crippen LogP contribution in [0.5, 0.6) is 11.5 Å². The molecule has 2 rings (SSSR count). The van der Waals surface area contributed by atoms with Gasteiger partial charge in [-0.15, -0.1) is 0 Å². The molecule has 3 nitrogen and oxygen atoms in total. The molecule has 0 amide bonds. The zero-order chi connectivity index (χ0) is 16.4. The van der Waals surface area contributed by atoms with Gasteiger partial charge in [-0.2, -0.15) is 0 Å². The number of hydrogen-bond donors (Lipinski definition) is 0. The minimum absolute atomic E-state index is 0.477. The molecule has 0 atom stereocenters. The van der Waals surface area contributed by atoms with Crippen molar-refractivity contribution >= 4 is 23.2 Å². The predicted octanol–water partition coefficient (Wildman–Crippen LogP) is 5.14. The topological polar surface area (TPSA) is 30.8 Å². The molecule has 1 saturated carbocycles. The summed E-state index contributed by atoms with van der Waals surface area (Å²) in [5.74, 6) is 1.74. The third-order valence-corrected chi connectivity index (χ3v) is 3.72. The van der Waals surface area contributed by atoms with E-state index in [1.54, 1.807) is 14.2 Å².